The fourth-order valence-electron chi connectivity index (χ4n) is 4.05. The van der Waals surface area contributed by atoms with Crippen molar-refractivity contribution in [1.82, 2.24) is 19.6 Å². The maximum absolute atomic E-state index is 12.4. The molecule has 0 aliphatic heterocycles. The second-order valence-corrected chi connectivity index (χ2v) is 7.74. The average Bonchev–Trinajstić information content (AvgIpc) is 3.30. The Bertz CT molecular complexity index is 1600. The molecular formula is C22H16N6O6. The fourth-order valence-corrected chi connectivity index (χ4v) is 4.05. The highest BCUT2D eigenvalue weighted by Gasteiger charge is 2.16. The maximum atomic E-state index is 12.4. The van der Waals surface area contributed by atoms with Crippen LogP contribution < -0.4 is 11.1 Å². The van der Waals surface area contributed by atoms with Crippen molar-refractivity contribution in [3.8, 4) is 0 Å². The number of aromatic amines is 2. The van der Waals surface area contributed by atoms with Crippen molar-refractivity contribution in [3.63, 3.8) is 0 Å². The van der Waals surface area contributed by atoms with Gasteiger partial charge in [-0.2, -0.15) is 0 Å². The first-order valence-electron chi connectivity index (χ1n) is 10.1. The molecule has 5 rings (SSSR count). The van der Waals surface area contributed by atoms with Crippen LogP contribution in [0.3, 0.4) is 0 Å². The smallest absolute Gasteiger partial charge is 0.272 e. The SMILES string of the molecule is O=c1[nH]n(Cc2ccccc2Cn2[nH]c(=O)c3cc([N+](=O)[O-])ccc32)c2ccc([N+](=O)[O-])cc12. The number of aromatic nitrogens is 4. The number of fused-ring (bicyclic) bond motifs is 2. The van der Waals surface area contributed by atoms with Gasteiger partial charge in [0.25, 0.3) is 22.5 Å². The van der Waals surface area contributed by atoms with Gasteiger partial charge >= 0.3 is 0 Å². The second kappa shape index (κ2) is 7.85. The zero-order valence-electron chi connectivity index (χ0n) is 17.4. The molecule has 2 aromatic heterocycles. The largest absolute Gasteiger partial charge is 0.280 e. The Balaban J connectivity index is 1.52. The summed E-state index contributed by atoms with van der Waals surface area (Å²) in [6, 6.07) is 15.6. The Hall–Kier alpha value is -5.00. The van der Waals surface area contributed by atoms with Crippen LogP contribution in [0.15, 0.2) is 70.3 Å². The number of nitrogens with one attached hydrogen (secondary N) is 2. The molecule has 0 unspecified atom stereocenters. The van der Waals surface area contributed by atoms with Crippen molar-refractivity contribution in [2.24, 2.45) is 0 Å². The molecule has 5 aromatic rings. The first-order valence-corrected chi connectivity index (χ1v) is 10.1. The number of non-ortho nitro benzene ring substituents is 2. The molecule has 170 valence electrons. The number of rotatable bonds is 6. The fraction of sp³-hybridized carbons (Fsp3) is 0.0909. The summed E-state index contributed by atoms with van der Waals surface area (Å²) in [5, 5.41) is 28.0. The molecule has 0 radical (unpaired) electrons. The standard InChI is InChI=1S/C22H16N6O6/c29-21-17-9-15(27(31)32)5-7-19(17)25(23-21)11-13-3-1-2-4-14(13)12-26-20-8-6-16(28(33)34)10-18(20)22(30)24-26/h1-10H,11-12H2,(H,23,29)(H,24,30). The van der Waals surface area contributed by atoms with E-state index in [0.29, 0.717) is 11.0 Å². The molecule has 2 N–H and O–H groups in total. The number of H-pyrrole nitrogens is 2. The van der Waals surface area contributed by atoms with E-state index in [1.165, 1.54) is 36.4 Å². The van der Waals surface area contributed by atoms with Gasteiger partial charge in [0.05, 0.1) is 44.7 Å². The van der Waals surface area contributed by atoms with E-state index in [2.05, 4.69) is 10.2 Å². The molecule has 3 aromatic carbocycles. The van der Waals surface area contributed by atoms with Crippen LogP contribution in [0.1, 0.15) is 11.1 Å². The minimum atomic E-state index is -0.553. The minimum Gasteiger partial charge on any atom is -0.280 e. The van der Waals surface area contributed by atoms with Gasteiger partial charge in [0, 0.05) is 24.3 Å². The van der Waals surface area contributed by atoms with Crippen LogP contribution in [0.4, 0.5) is 11.4 Å². The summed E-state index contributed by atoms with van der Waals surface area (Å²) in [7, 11) is 0. The third kappa shape index (κ3) is 3.52. The lowest BCUT2D eigenvalue weighted by atomic mass is 10.1. The summed E-state index contributed by atoms with van der Waals surface area (Å²) in [5.74, 6) is 0. The van der Waals surface area contributed by atoms with Crippen LogP contribution in [-0.2, 0) is 13.1 Å². The predicted molar refractivity (Wildman–Crippen MR) is 123 cm³/mol. The molecule has 12 nitrogen and oxygen atoms in total. The van der Waals surface area contributed by atoms with Crippen molar-refractivity contribution in [2.75, 3.05) is 0 Å². The molecular weight excluding hydrogens is 444 g/mol. The van der Waals surface area contributed by atoms with E-state index >= 15 is 0 Å². The van der Waals surface area contributed by atoms with Gasteiger partial charge in [0.1, 0.15) is 0 Å². The van der Waals surface area contributed by atoms with E-state index in [-0.39, 0.29) is 35.2 Å². The highest BCUT2D eigenvalue weighted by Crippen LogP contribution is 2.22. The molecule has 0 aliphatic carbocycles. The monoisotopic (exact) mass is 460 g/mol. The zero-order valence-corrected chi connectivity index (χ0v) is 17.4. The van der Waals surface area contributed by atoms with Crippen molar-refractivity contribution in [2.45, 2.75) is 13.1 Å². The first kappa shape index (κ1) is 20.9. The molecule has 34 heavy (non-hydrogen) atoms. The molecule has 0 saturated heterocycles. The number of hydrogen-bond donors (Lipinski definition) is 2. The lowest BCUT2D eigenvalue weighted by Crippen LogP contribution is -2.11. The third-order valence-corrected chi connectivity index (χ3v) is 5.70. The molecule has 12 heteroatoms. The third-order valence-electron chi connectivity index (χ3n) is 5.70. The molecule has 0 spiro atoms. The van der Waals surface area contributed by atoms with Gasteiger partial charge < -0.3 is 0 Å². The molecule has 0 aliphatic rings. The van der Waals surface area contributed by atoms with Crippen LogP contribution in [0, 0.1) is 20.2 Å². The molecule has 0 bridgehead atoms. The van der Waals surface area contributed by atoms with E-state index in [1.54, 1.807) is 9.36 Å². The Morgan fingerprint density at radius 1 is 0.676 bits per heavy atom. The summed E-state index contributed by atoms with van der Waals surface area (Å²) in [6.07, 6.45) is 0. The van der Waals surface area contributed by atoms with E-state index in [4.69, 9.17) is 0 Å². The molecule has 0 amide bonds. The average molecular weight is 460 g/mol. The number of nitro benzene ring substituents is 2. The van der Waals surface area contributed by atoms with Gasteiger partial charge in [0.15, 0.2) is 0 Å². The topological polar surface area (TPSA) is 162 Å². The van der Waals surface area contributed by atoms with Crippen LogP contribution in [-0.4, -0.2) is 29.4 Å². The van der Waals surface area contributed by atoms with Crippen molar-refractivity contribution in [1.29, 1.82) is 0 Å². The van der Waals surface area contributed by atoms with Gasteiger partial charge in [-0.15, -0.1) is 0 Å². The Morgan fingerprint density at radius 2 is 1.09 bits per heavy atom. The van der Waals surface area contributed by atoms with Crippen LogP contribution in [0.25, 0.3) is 21.8 Å². The normalized spacial score (nSPS) is 11.3. The molecule has 0 saturated carbocycles. The summed E-state index contributed by atoms with van der Waals surface area (Å²) >= 11 is 0. The van der Waals surface area contributed by atoms with Gasteiger partial charge in [-0.3, -0.25) is 49.4 Å². The van der Waals surface area contributed by atoms with Crippen molar-refractivity contribution >= 4 is 33.2 Å². The summed E-state index contributed by atoms with van der Waals surface area (Å²) in [4.78, 5) is 45.7. The Morgan fingerprint density at radius 3 is 1.47 bits per heavy atom. The zero-order chi connectivity index (χ0) is 24.0. The quantitative estimate of drug-likeness (QED) is 0.292. The Kier molecular flexibility index (Phi) is 4.82. The molecule has 0 fully saturated rings. The number of hydrogen-bond acceptors (Lipinski definition) is 6. The van der Waals surface area contributed by atoms with Gasteiger partial charge in [-0.1, -0.05) is 24.3 Å². The molecule has 0 atom stereocenters. The van der Waals surface area contributed by atoms with E-state index in [9.17, 15) is 29.8 Å². The number of benzene rings is 3. The number of nitrogens with zero attached hydrogens (tertiary/aromatic N) is 4. The first-order chi connectivity index (χ1) is 16.3. The van der Waals surface area contributed by atoms with Crippen molar-refractivity contribution < 1.29 is 9.85 Å². The van der Waals surface area contributed by atoms with Gasteiger partial charge in [-0.05, 0) is 23.3 Å². The number of nitro groups is 2. The van der Waals surface area contributed by atoms with Crippen LogP contribution in [0.2, 0.25) is 0 Å². The van der Waals surface area contributed by atoms with Crippen LogP contribution in [0.5, 0.6) is 0 Å². The minimum absolute atomic E-state index is 0.167. The Labute approximate surface area is 188 Å². The van der Waals surface area contributed by atoms with E-state index in [0.717, 1.165) is 11.1 Å². The van der Waals surface area contributed by atoms with Gasteiger partial charge in [-0.25, -0.2) is 0 Å². The van der Waals surface area contributed by atoms with Gasteiger partial charge in [0.2, 0.25) is 0 Å². The second-order valence-electron chi connectivity index (χ2n) is 7.74. The lowest BCUT2D eigenvalue weighted by molar-refractivity contribution is -0.384. The highest BCUT2D eigenvalue weighted by atomic mass is 16.6. The van der Waals surface area contributed by atoms with E-state index < -0.39 is 21.0 Å². The van der Waals surface area contributed by atoms with Crippen molar-refractivity contribution in [3.05, 3.63) is 113 Å². The highest BCUT2D eigenvalue weighted by molar-refractivity contribution is 5.82. The summed E-state index contributed by atoms with van der Waals surface area (Å²) < 4.78 is 3.22. The summed E-state index contributed by atoms with van der Waals surface area (Å²) in [6.45, 7) is 0.559. The van der Waals surface area contributed by atoms with E-state index in [1.807, 2.05) is 24.3 Å². The molecule has 2 heterocycles. The maximum Gasteiger partial charge on any atom is 0.272 e. The lowest BCUT2D eigenvalue weighted by Gasteiger charge is -2.12. The predicted octanol–water partition coefficient (Wildman–Crippen LogP) is 2.89. The van der Waals surface area contributed by atoms with Crippen LogP contribution >= 0.6 is 0 Å². The summed E-state index contributed by atoms with van der Waals surface area (Å²) in [5.41, 5.74) is 1.55.